The quantitative estimate of drug-likeness (QED) is 0.798. The first-order valence-corrected chi connectivity index (χ1v) is 7.59. The fourth-order valence-corrected chi connectivity index (χ4v) is 3.51. The standard InChI is InChI=1S/C15H20O3S/c1-11(2)13(14(16)15(3,4)5)19(17,18)12-9-7-6-8-10-12/h6-10H,1-5H3. The van der Waals surface area contributed by atoms with Gasteiger partial charge in [0.25, 0.3) is 0 Å². The van der Waals surface area contributed by atoms with Gasteiger partial charge < -0.3 is 0 Å². The van der Waals surface area contributed by atoms with E-state index in [1.807, 2.05) is 0 Å². The summed E-state index contributed by atoms with van der Waals surface area (Å²) < 4.78 is 25.2. The molecule has 19 heavy (non-hydrogen) atoms. The number of hydrogen-bond donors (Lipinski definition) is 0. The molecule has 0 N–H and O–H groups in total. The predicted molar refractivity (Wildman–Crippen MR) is 76.5 cm³/mol. The highest BCUT2D eigenvalue weighted by molar-refractivity contribution is 7.96. The zero-order valence-corrected chi connectivity index (χ0v) is 12.8. The van der Waals surface area contributed by atoms with Crippen LogP contribution in [0.4, 0.5) is 0 Å². The van der Waals surface area contributed by atoms with Crippen molar-refractivity contribution in [2.24, 2.45) is 5.41 Å². The van der Waals surface area contributed by atoms with Crippen molar-refractivity contribution < 1.29 is 13.2 Å². The Morgan fingerprint density at radius 1 is 1.00 bits per heavy atom. The van der Waals surface area contributed by atoms with Gasteiger partial charge in [0.05, 0.1) is 4.90 Å². The fourth-order valence-electron chi connectivity index (χ4n) is 1.68. The maximum absolute atomic E-state index is 12.6. The summed E-state index contributed by atoms with van der Waals surface area (Å²) in [5.41, 5.74) is -0.210. The minimum absolute atomic E-state index is 0.0915. The topological polar surface area (TPSA) is 51.2 Å². The van der Waals surface area contributed by atoms with Gasteiger partial charge in [0, 0.05) is 5.41 Å². The minimum Gasteiger partial charge on any atom is -0.293 e. The molecule has 0 atom stereocenters. The lowest BCUT2D eigenvalue weighted by Crippen LogP contribution is -2.27. The average molecular weight is 280 g/mol. The summed E-state index contributed by atoms with van der Waals surface area (Å²) in [5.74, 6) is -0.351. The SMILES string of the molecule is CC(C)=C(C(=O)C(C)(C)C)S(=O)(=O)c1ccccc1. The van der Waals surface area contributed by atoms with E-state index in [1.165, 1.54) is 12.1 Å². The Hall–Kier alpha value is -1.42. The van der Waals surface area contributed by atoms with Crippen molar-refractivity contribution in [3.8, 4) is 0 Å². The molecule has 3 nitrogen and oxygen atoms in total. The van der Waals surface area contributed by atoms with Crippen LogP contribution in [0.1, 0.15) is 34.6 Å². The normalized spacial score (nSPS) is 12.1. The fraction of sp³-hybridized carbons (Fsp3) is 0.400. The van der Waals surface area contributed by atoms with Crippen molar-refractivity contribution in [1.82, 2.24) is 0 Å². The number of Topliss-reactive ketones (excluding diaryl/α,β-unsaturated/α-hetero) is 1. The molecule has 0 heterocycles. The van der Waals surface area contributed by atoms with Gasteiger partial charge in [-0.05, 0) is 26.0 Å². The minimum atomic E-state index is -3.75. The van der Waals surface area contributed by atoms with Crippen LogP contribution in [0, 0.1) is 5.41 Å². The van der Waals surface area contributed by atoms with Crippen LogP contribution in [0.2, 0.25) is 0 Å². The average Bonchev–Trinajstić information content (AvgIpc) is 2.28. The molecule has 0 aromatic heterocycles. The zero-order chi connectivity index (χ0) is 14.8. The molecule has 0 saturated heterocycles. The van der Waals surface area contributed by atoms with Gasteiger partial charge in [-0.1, -0.05) is 44.5 Å². The smallest absolute Gasteiger partial charge is 0.210 e. The van der Waals surface area contributed by atoms with Gasteiger partial charge in [-0.2, -0.15) is 0 Å². The molecule has 0 aliphatic rings. The number of ketones is 1. The van der Waals surface area contributed by atoms with E-state index in [-0.39, 0.29) is 15.6 Å². The van der Waals surface area contributed by atoms with Gasteiger partial charge in [0.1, 0.15) is 4.91 Å². The Morgan fingerprint density at radius 2 is 1.47 bits per heavy atom. The first-order chi connectivity index (χ1) is 8.58. The van der Waals surface area contributed by atoms with Gasteiger partial charge in [0.2, 0.25) is 9.84 Å². The molecule has 0 saturated carbocycles. The first-order valence-electron chi connectivity index (χ1n) is 6.11. The number of hydrogen-bond acceptors (Lipinski definition) is 3. The molecule has 0 bridgehead atoms. The van der Waals surface area contributed by atoms with Gasteiger partial charge in [-0.25, -0.2) is 8.42 Å². The second-order valence-corrected chi connectivity index (χ2v) is 7.61. The molecular formula is C15H20O3S. The third-order valence-corrected chi connectivity index (χ3v) is 4.69. The summed E-state index contributed by atoms with van der Waals surface area (Å²) in [4.78, 5) is 12.5. The number of carbonyl (C=O) groups excluding carboxylic acids is 1. The maximum atomic E-state index is 12.6. The highest BCUT2D eigenvalue weighted by atomic mass is 32.2. The van der Waals surface area contributed by atoms with Crippen LogP contribution in [0.25, 0.3) is 0 Å². The van der Waals surface area contributed by atoms with Gasteiger partial charge in [-0.3, -0.25) is 4.79 Å². The van der Waals surface area contributed by atoms with Crippen LogP contribution in [0.5, 0.6) is 0 Å². The Kier molecular flexibility index (Phi) is 4.35. The lowest BCUT2D eigenvalue weighted by atomic mass is 9.89. The van der Waals surface area contributed by atoms with E-state index < -0.39 is 15.3 Å². The molecule has 1 aromatic carbocycles. The lowest BCUT2D eigenvalue weighted by molar-refractivity contribution is -0.121. The number of sulfone groups is 1. The molecule has 0 spiro atoms. The third kappa shape index (κ3) is 3.32. The summed E-state index contributed by atoms with van der Waals surface area (Å²) in [6.45, 7) is 8.47. The van der Waals surface area contributed by atoms with E-state index in [0.29, 0.717) is 5.57 Å². The van der Waals surface area contributed by atoms with Crippen molar-refractivity contribution in [2.45, 2.75) is 39.5 Å². The Bertz CT molecular complexity index is 599. The predicted octanol–water partition coefficient (Wildman–Crippen LogP) is 3.37. The molecule has 0 aliphatic carbocycles. The highest BCUT2D eigenvalue weighted by Gasteiger charge is 2.34. The summed E-state index contributed by atoms with van der Waals surface area (Å²) in [5, 5.41) is 0. The van der Waals surface area contributed by atoms with E-state index in [2.05, 4.69) is 0 Å². The first kappa shape index (κ1) is 15.6. The maximum Gasteiger partial charge on any atom is 0.210 e. The van der Waals surface area contributed by atoms with Crippen molar-refractivity contribution in [1.29, 1.82) is 0 Å². The molecule has 1 rings (SSSR count). The lowest BCUT2D eigenvalue weighted by Gasteiger charge is -2.20. The monoisotopic (exact) mass is 280 g/mol. The largest absolute Gasteiger partial charge is 0.293 e. The van der Waals surface area contributed by atoms with Crippen LogP contribution in [0.15, 0.2) is 45.7 Å². The van der Waals surface area contributed by atoms with E-state index in [9.17, 15) is 13.2 Å². The van der Waals surface area contributed by atoms with Gasteiger partial charge in [0.15, 0.2) is 5.78 Å². The number of benzene rings is 1. The van der Waals surface area contributed by atoms with Crippen LogP contribution in [-0.4, -0.2) is 14.2 Å². The number of carbonyl (C=O) groups is 1. The summed E-state index contributed by atoms with van der Waals surface area (Å²) >= 11 is 0. The van der Waals surface area contributed by atoms with Crippen LogP contribution in [0.3, 0.4) is 0 Å². The van der Waals surface area contributed by atoms with E-state index in [4.69, 9.17) is 0 Å². The molecule has 104 valence electrons. The van der Waals surface area contributed by atoms with E-state index in [1.54, 1.807) is 52.8 Å². The highest BCUT2D eigenvalue weighted by Crippen LogP contribution is 2.29. The second-order valence-electron chi connectivity index (χ2n) is 5.72. The van der Waals surface area contributed by atoms with Crippen LogP contribution < -0.4 is 0 Å². The Labute approximate surface area is 115 Å². The third-order valence-electron chi connectivity index (χ3n) is 2.66. The molecule has 0 fully saturated rings. The van der Waals surface area contributed by atoms with E-state index in [0.717, 1.165) is 0 Å². The molecule has 0 aliphatic heterocycles. The molecule has 0 amide bonds. The molecular weight excluding hydrogens is 260 g/mol. The Balaban J connectivity index is 3.48. The molecule has 4 heteroatoms. The molecule has 1 aromatic rings. The summed E-state index contributed by atoms with van der Waals surface area (Å²) in [6, 6.07) is 8.06. The molecule has 0 unspecified atom stereocenters. The number of rotatable bonds is 3. The van der Waals surface area contributed by atoms with Crippen molar-refractivity contribution in [2.75, 3.05) is 0 Å². The van der Waals surface area contributed by atoms with Crippen molar-refractivity contribution >= 4 is 15.6 Å². The number of allylic oxidation sites excluding steroid dienone is 2. The second kappa shape index (κ2) is 5.29. The van der Waals surface area contributed by atoms with Crippen LogP contribution >= 0.6 is 0 Å². The molecule has 0 radical (unpaired) electrons. The van der Waals surface area contributed by atoms with Gasteiger partial charge in [-0.15, -0.1) is 0 Å². The van der Waals surface area contributed by atoms with Gasteiger partial charge >= 0.3 is 0 Å². The zero-order valence-electron chi connectivity index (χ0n) is 12.0. The Morgan fingerprint density at radius 3 is 1.84 bits per heavy atom. The van der Waals surface area contributed by atoms with Crippen molar-refractivity contribution in [3.63, 3.8) is 0 Å². The van der Waals surface area contributed by atoms with Crippen LogP contribution in [-0.2, 0) is 14.6 Å². The summed E-state index contributed by atoms with van der Waals surface area (Å²) in [6.07, 6.45) is 0. The summed E-state index contributed by atoms with van der Waals surface area (Å²) in [7, 11) is -3.75. The van der Waals surface area contributed by atoms with Crippen molar-refractivity contribution in [3.05, 3.63) is 40.8 Å². The van der Waals surface area contributed by atoms with E-state index >= 15 is 0 Å².